The van der Waals surface area contributed by atoms with Crippen LogP contribution in [0.25, 0.3) is 0 Å². The van der Waals surface area contributed by atoms with Crippen LogP contribution in [0.2, 0.25) is 0 Å². The summed E-state index contributed by atoms with van der Waals surface area (Å²) in [5.41, 5.74) is 0.420. The fourth-order valence-electron chi connectivity index (χ4n) is 4.42. The van der Waals surface area contributed by atoms with E-state index < -0.39 is 0 Å². The van der Waals surface area contributed by atoms with Gasteiger partial charge >= 0.3 is 0 Å². The van der Waals surface area contributed by atoms with Gasteiger partial charge in [0.05, 0.1) is 11.7 Å². The molecule has 1 aliphatic rings. The number of hydrogen-bond donors (Lipinski definition) is 0. The lowest BCUT2D eigenvalue weighted by atomic mass is 9.59. The van der Waals surface area contributed by atoms with Gasteiger partial charge in [0.25, 0.3) is 0 Å². The average molecular weight is 297 g/mol. The average Bonchev–Trinajstić information content (AvgIpc) is 2.36. The largest absolute Gasteiger partial charge is 0.372 e. The van der Waals surface area contributed by atoms with E-state index in [-0.39, 0.29) is 22.5 Å². The van der Waals surface area contributed by atoms with Crippen molar-refractivity contribution in [3.8, 4) is 0 Å². The quantitative estimate of drug-likeness (QED) is 0.565. The lowest BCUT2D eigenvalue weighted by Gasteiger charge is -2.52. The lowest BCUT2D eigenvalue weighted by molar-refractivity contribution is -0.181. The van der Waals surface area contributed by atoms with Gasteiger partial charge in [-0.15, -0.1) is 0 Å². The van der Waals surface area contributed by atoms with E-state index >= 15 is 0 Å². The molecule has 1 rings (SSSR count). The number of rotatable bonds is 5. The number of ether oxygens (including phenoxy) is 1. The molecule has 0 amide bonds. The van der Waals surface area contributed by atoms with Crippen molar-refractivity contribution in [2.75, 3.05) is 0 Å². The molecule has 0 bridgehead atoms. The Hall–Kier alpha value is -0.0400. The van der Waals surface area contributed by atoms with E-state index in [0.717, 1.165) is 5.92 Å². The van der Waals surface area contributed by atoms with E-state index in [1.165, 1.54) is 32.1 Å². The van der Waals surface area contributed by atoms with Crippen molar-refractivity contribution < 1.29 is 4.74 Å². The molecule has 0 aromatic rings. The number of hydrogen-bond acceptors (Lipinski definition) is 1. The summed E-state index contributed by atoms with van der Waals surface area (Å²) in [5, 5.41) is 0. The van der Waals surface area contributed by atoms with E-state index in [4.69, 9.17) is 4.74 Å². The molecule has 1 saturated carbocycles. The molecule has 0 spiro atoms. The van der Waals surface area contributed by atoms with Gasteiger partial charge in [-0.1, -0.05) is 60.8 Å². The van der Waals surface area contributed by atoms with Gasteiger partial charge in [0.1, 0.15) is 0 Å². The summed E-state index contributed by atoms with van der Waals surface area (Å²) in [6.45, 7) is 21.1. The van der Waals surface area contributed by atoms with Crippen molar-refractivity contribution in [1.29, 1.82) is 0 Å². The fourth-order valence-corrected chi connectivity index (χ4v) is 4.42. The summed E-state index contributed by atoms with van der Waals surface area (Å²) >= 11 is 0. The molecule has 2 unspecified atom stereocenters. The molecule has 0 radical (unpaired) electrons. The molecule has 0 heterocycles. The van der Waals surface area contributed by atoms with Crippen LogP contribution in [0.4, 0.5) is 0 Å². The third kappa shape index (κ3) is 4.03. The topological polar surface area (TPSA) is 9.23 Å². The Labute approximate surface area is 134 Å². The minimum atomic E-state index is 0.00123. The Bertz CT molecular complexity index is 317. The summed E-state index contributed by atoms with van der Waals surface area (Å²) < 4.78 is 6.73. The van der Waals surface area contributed by atoms with Crippen LogP contribution < -0.4 is 0 Å². The van der Waals surface area contributed by atoms with E-state index in [2.05, 4.69) is 62.3 Å². The Balaban J connectivity index is 2.88. The molecule has 126 valence electrons. The lowest BCUT2D eigenvalue weighted by Crippen LogP contribution is -2.51. The zero-order chi connectivity index (χ0) is 16.5. The van der Waals surface area contributed by atoms with Crippen LogP contribution in [-0.4, -0.2) is 11.7 Å². The highest BCUT2D eigenvalue weighted by Crippen LogP contribution is 2.50. The van der Waals surface area contributed by atoms with Crippen LogP contribution in [0.15, 0.2) is 0 Å². The summed E-state index contributed by atoms with van der Waals surface area (Å²) in [4.78, 5) is 0. The molecule has 1 aliphatic carbocycles. The van der Waals surface area contributed by atoms with Crippen molar-refractivity contribution in [2.24, 2.45) is 22.7 Å². The first-order valence-corrected chi connectivity index (χ1v) is 9.10. The van der Waals surface area contributed by atoms with Crippen LogP contribution in [0.1, 0.15) is 94.4 Å². The Morgan fingerprint density at radius 2 is 1.29 bits per heavy atom. The van der Waals surface area contributed by atoms with Crippen molar-refractivity contribution in [1.82, 2.24) is 0 Å². The molecule has 0 aromatic carbocycles. The molecule has 0 aliphatic heterocycles. The van der Waals surface area contributed by atoms with E-state index in [1.54, 1.807) is 0 Å². The summed E-state index contributed by atoms with van der Waals surface area (Å²) in [6.07, 6.45) is 7.13. The van der Waals surface area contributed by atoms with Gasteiger partial charge < -0.3 is 4.74 Å². The predicted octanol–water partition coefficient (Wildman–Crippen LogP) is 6.46. The first-order valence-electron chi connectivity index (χ1n) is 9.10. The highest BCUT2D eigenvalue weighted by Gasteiger charge is 2.47. The van der Waals surface area contributed by atoms with Crippen LogP contribution in [0, 0.1) is 22.7 Å². The van der Waals surface area contributed by atoms with Gasteiger partial charge in [-0.3, -0.25) is 0 Å². The summed E-state index contributed by atoms with van der Waals surface area (Å²) in [6, 6.07) is 0. The van der Waals surface area contributed by atoms with Gasteiger partial charge in [-0.2, -0.15) is 0 Å². The van der Waals surface area contributed by atoms with Crippen molar-refractivity contribution >= 4 is 0 Å². The predicted molar refractivity (Wildman–Crippen MR) is 93.6 cm³/mol. The maximum absolute atomic E-state index is 6.73. The highest BCUT2D eigenvalue weighted by molar-refractivity contribution is 4.95. The summed E-state index contributed by atoms with van der Waals surface area (Å²) in [7, 11) is 0. The normalized spacial score (nSPS) is 23.1. The zero-order valence-electron chi connectivity index (χ0n) is 16.2. The highest BCUT2D eigenvalue weighted by atomic mass is 16.5. The first-order chi connectivity index (χ1) is 9.43. The third-order valence-corrected chi connectivity index (χ3v) is 6.73. The standard InChI is InChI=1S/C20H40O/c1-15(2)20(9,18(4,5)6)16(3)21-19(7,8)17-13-11-10-12-14-17/h15-17H,10-14H2,1-9H3. The van der Waals surface area contributed by atoms with Crippen LogP contribution in [0.5, 0.6) is 0 Å². The monoisotopic (exact) mass is 296 g/mol. The molecule has 1 fully saturated rings. The maximum Gasteiger partial charge on any atom is 0.0658 e. The van der Waals surface area contributed by atoms with Gasteiger partial charge in [0.15, 0.2) is 0 Å². The van der Waals surface area contributed by atoms with E-state index in [0.29, 0.717) is 5.92 Å². The van der Waals surface area contributed by atoms with Gasteiger partial charge in [0.2, 0.25) is 0 Å². The zero-order valence-corrected chi connectivity index (χ0v) is 16.2. The van der Waals surface area contributed by atoms with Crippen molar-refractivity contribution in [2.45, 2.75) is 106 Å². The second-order valence-corrected chi connectivity index (χ2v) is 9.39. The molecular weight excluding hydrogens is 256 g/mol. The molecule has 1 nitrogen and oxygen atoms in total. The molecule has 1 heteroatoms. The summed E-state index contributed by atoms with van der Waals surface area (Å²) in [5.74, 6) is 1.33. The van der Waals surface area contributed by atoms with Gasteiger partial charge in [-0.05, 0) is 50.9 Å². The Morgan fingerprint density at radius 1 is 0.810 bits per heavy atom. The molecule has 0 aromatic heterocycles. The van der Waals surface area contributed by atoms with Crippen molar-refractivity contribution in [3.05, 3.63) is 0 Å². The Morgan fingerprint density at radius 3 is 1.67 bits per heavy atom. The second-order valence-electron chi connectivity index (χ2n) is 9.39. The SMILES string of the molecule is CC(C)C(C)(C(C)OC(C)(C)C1CCCCC1)C(C)(C)C. The minimum Gasteiger partial charge on any atom is -0.372 e. The van der Waals surface area contributed by atoms with Crippen molar-refractivity contribution in [3.63, 3.8) is 0 Å². The van der Waals surface area contributed by atoms with E-state index in [1.807, 2.05) is 0 Å². The maximum atomic E-state index is 6.73. The van der Waals surface area contributed by atoms with Gasteiger partial charge in [0, 0.05) is 5.41 Å². The Kier molecular flexibility index (Phi) is 5.98. The minimum absolute atomic E-state index is 0.00123. The molecule has 21 heavy (non-hydrogen) atoms. The third-order valence-electron chi connectivity index (χ3n) is 6.73. The van der Waals surface area contributed by atoms with E-state index in [9.17, 15) is 0 Å². The molecule has 0 N–H and O–H groups in total. The molecule has 2 atom stereocenters. The first kappa shape index (κ1) is 19.0. The van der Waals surface area contributed by atoms with Crippen LogP contribution >= 0.6 is 0 Å². The van der Waals surface area contributed by atoms with Gasteiger partial charge in [-0.25, -0.2) is 0 Å². The smallest absolute Gasteiger partial charge is 0.0658 e. The fraction of sp³-hybridized carbons (Fsp3) is 1.00. The second kappa shape index (κ2) is 6.60. The molecule has 0 saturated heterocycles. The van der Waals surface area contributed by atoms with Crippen LogP contribution in [-0.2, 0) is 4.74 Å². The van der Waals surface area contributed by atoms with Crippen LogP contribution in [0.3, 0.4) is 0 Å². The molecular formula is C20H40O.